The summed E-state index contributed by atoms with van der Waals surface area (Å²) >= 11 is 5.83. The summed E-state index contributed by atoms with van der Waals surface area (Å²) in [7, 11) is 0. The van der Waals surface area contributed by atoms with Gasteiger partial charge in [-0.25, -0.2) is 0 Å². The van der Waals surface area contributed by atoms with Crippen molar-refractivity contribution in [2.75, 3.05) is 0 Å². The van der Waals surface area contributed by atoms with E-state index in [0.717, 1.165) is 16.9 Å². The van der Waals surface area contributed by atoms with Crippen LogP contribution in [0.4, 0.5) is 0 Å². The minimum Gasteiger partial charge on any atom is -0.489 e. The second-order valence-corrected chi connectivity index (χ2v) is 5.89. The maximum absolute atomic E-state index is 11.8. The Morgan fingerprint density at radius 3 is 2.38 bits per heavy atom. The molecular weight excluding hydrogens is 284 g/mol. The third-order valence-electron chi connectivity index (χ3n) is 3.34. The van der Waals surface area contributed by atoms with Gasteiger partial charge in [-0.15, -0.1) is 11.6 Å². The molecule has 0 radical (unpaired) electrons. The highest BCUT2D eigenvalue weighted by molar-refractivity contribution is 6.33. The van der Waals surface area contributed by atoms with Crippen molar-refractivity contribution in [1.29, 1.82) is 0 Å². The van der Waals surface area contributed by atoms with Crippen LogP contribution < -0.4 is 4.74 Å². The summed E-state index contributed by atoms with van der Waals surface area (Å²) in [5, 5.41) is -0.510. The van der Waals surface area contributed by atoms with Crippen LogP contribution in [0, 0.1) is 13.8 Å². The van der Waals surface area contributed by atoms with E-state index in [1.54, 1.807) is 13.0 Å². The average Bonchev–Trinajstić information content (AvgIpc) is 2.46. The van der Waals surface area contributed by atoms with Gasteiger partial charge in [0.15, 0.2) is 5.78 Å². The molecule has 0 aliphatic heterocycles. The first-order valence-electron chi connectivity index (χ1n) is 6.94. The van der Waals surface area contributed by atoms with E-state index in [2.05, 4.69) is 31.2 Å². The van der Waals surface area contributed by atoms with Crippen LogP contribution in [0.2, 0.25) is 0 Å². The van der Waals surface area contributed by atoms with Crippen LogP contribution in [0.1, 0.15) is 34.0 Å². The van der Waals surface area contributed by atoms with E-state index in [1.165, 1.54) is 5.56 Å². The first kappa shape index (κ1) is 15.6. The van der Waals surface area contributed by atoms with Crippen molar-refractivity contribution in [1.82, 2.24) is 0 Å². The Balaban J connectivity index is 2.07. The highest BCUT2D eigenvalue weighted by atomic mass is 35.5. The van der Waals surface area contributed by atoms with E-state index in [1.807, 2.05) is 19.1 Å². The number of alkyl halides is 1. The van der Waals surface area contributed by atoms with Crippen molar-refractivity contribution in [3.05, 3.63) is 64.7 Å². The van der Waals surface area contributed by atoms with Crippen LogP contribution in [0.3, 0.4) is 0 Å². The summed E-state index contributed by atoms with van der Waals surface area (Å²) in [5.74, 6) is 0.721. The Bertz CT molecular complexity index is 630. The fourth-order valence-electron chi connectivity index (χ4n) is 2.04. The molecule has 0 fully saturated rings. The zero-order valence-corrected chi connectivity index (χ0v) is 13.3. The third kappa shape index (κ3) is 4.08. The molecule has 1 atom stereocenters. The van der Waals surface area contributed by atoms with Crippen molar-refractivity contribution >= 4 is 17.4 Å². The molecule has 110 valence electrons. The molecular formula is C18H19ClO2. The van der Waals surface area contributed by atoms with Crippen molar-refractivity contribution in [3.8, 4) is 5.75 Å². The summed E-state index contributed by atoms with van der Waals surface area (Å²) in [6.45, 7) is 6.18. The zero-order chi connectivity index (χ0) is 15.4. The molecule has 0 N–H and O–H groups in total. The van der Waals surface area contributed by atoms with Gasteiger partial charge in [0.1, 0.15) is 12.4 Å². The molecule has 3 heteroatoms. The van der Waals surface area contributed by atoms with Crippen LogP contribution in [0.15, 0.2) is 42.5 Å². The maximum atomic E-state index is 11.8. The predicted octanol–water partition coefficient (Wildman–Crippen LogP) is 4.69. The molecule has 0 saturated heterocycles. The van der Waals surface area contributed by atoms with Crippen molar-refractivity contribution in [2.24, 2.45) is 0 Å². The first-order chi connectivity index (χ1) is 9.97. The normalized spacial score (nSPS) is 12.0. The van der Waals surface area contributed by atoms with Gasteiger partial charge in [-0.05, 0) is 50.1 Å². The van der Waals surface area contributed by atoms with Crippen molar-refractivity contribution in [2.45, 2.75) is 32.8 Å². The molecule has 0 aliphatic rings. The van der Waals surface area contributed by atoms with E-state index < -0.39 is 5.38 Å². The van der Waals surface area contributed by atoms with Crippen LogP contribution >= 0.6 is 11.6 Å². The number of carbonyl (C=O) groups excluding carboxylic acids is 1. The molecule has 21 heavy (non-hydrogen) atoms. The molecule has 2 aromatic rings. The lowest BCUT2D eigenvalue weighted by molar-refractivity contribution is 0.0991. The highest BCUT2D eigenvalue weighted by Crippen LogP contribution is 2.22. The second kappa shape index (κ2) is 6.77. The van der Waals surface area contributed by atoms with Gasteiger partial charge in [-0.2, -0.15) is 0 Å². The van der Waals surface area contributed by atoms with Gasteiger partial charge in [0.25, 0.3) is 0 Å². The maximum Gasteiger partial charge on any atom is 0.180 e. The molecule has 2 aromatic carbocycles. The van der Waals surface area contributed by atoms with Crippen LogP contribution in [0.5, 0.6) is 5.75 Å². The SMILES string of the molecule is Cc1ccc(COc2ccc(C(=O)C(C)Cl)cc2C)cc1. The monoisotopic (exact) mass is 302 g/mol. The number of aryl methyl sites for hydroxylation is 2. The molecule has 0 amide bonds. The van der Waals surface area contributed by atoms with E-state index in [4.69, 9.17) is 16.3 Å². The van der Waals surface area contributed by atoms with Crippen molar-refractivity contribution < 1.29 is 9.53 Å². The Hall–Kier alpha value is -1.80. The van der Waals surface area contributed by atoms with E-state index in [0.29, 0.717) is 12.2 Å². The zero-order valence-electron chi connectivity index (χ0n) is 12.5. The van der Waals surface area contributed by atoms with Gasteiger partial charge in [-0.1, -0.05) is 29.8 Å². The molecule has 0 aromatic heterocycles. The highest BCUT2D eigenvalue weighted by Gasteiger charge is 2.13. The van der Waals surface area contributed by atoms with E-state index >= 15 is 0 Å². The number of hydrogen-bond donors (Lipinski definition) is 0. The van der Waals surface area contributed by atoms with Gasteiger partial charge >= 0.3 is 0 Å². The van der Waals surface area contributed by atoms with Crippen LogP contribution in [-0.4, -0.2) is 11.2 Å². The van der Waals surface area contributed by atoms with Gasteiger partial charge in [-0.3, -0.25) is 4.79 Å². The lowest BCUT2D eigenvalue weighted by Gasteiger charge is -2.11. The molecule has 0 heterocycles. The summed E-state index contributed by atoms with van der Waals surface area (Å²) in [4.78, 5) is 11.8. The summed E-state index contributed by atoms with van der Waals surface area (Å²) in [6.07, 6.45) is 0. The Kier molecular flexibility index (Phi) is 5.03. The van der Waals surface area contributed by atoms with Gasteiger partial charge in [0.05, 0.1) is 5.38 Å². The van der Waals surface area contributed by atoms with Gasteiger partial charge in [0.2, 0.25) is 0 Å². The molecule has 0 saturated carbocycles. The Morgan fingerprint density at radius 2 is 1.81 bits per heavy atom. The largest absolute Gasteiger partial charge is 0.489 e. The summed E-state index contributed by atoms with van der Waals surface area (Å²) < 4.78 is 5.81. The molecule has 2 nitrogen and oxygen atoms in total. The number of rotatable bonds is 5. The number of carbonyl (C=O) groups is 1. The summed E-state index contributed by atoms with van der Waals surface area (Å²) in [6, 6.07) is 13.7. The molecule has 2 rings (SSSR count). The molecule has 0 spiro atoms. The minimum atomic E-state index is -0.510. The number of ether oxygens (including phenoxy) is 1. The van der Waals surface area contributed by atoms with Gasteiger partial charge in [0, 0.05) is 5.56 Å². The molecule has 1 unspecified atom stereocenters. The van der Waals surface area contributed by atoms with Crippen LogP contribution in [0.25, 0.3) is 0 Å². The number of hydrogen-bond acceptors (Lipinski definition) is 2. The number of ketones is 1. The fraction of sp³-hybridized carbons (Fsp3) is 0.278. The Labute approximate surface area is 130 Å². The average molecular weight is 303 g/mol. The van der Waals surface area contributed by atoms with E-state index in [-0.39, 0.29) is 5.78 Å². The number of Topliss-reactive ketones (excluding diaryl/α,β-unsaturated/α-hetero) is 1. The molecule has 0 aliphatic carbocycles. The second-order valence-electron chi connectivity index (χ2n) is 5.23. The first-order valence-corrected chi connectivity index (χ1v) is 7.38. The standard InChI is InChI=1S/C18H19ClO2/c1-12-4-6-15(7-5-12)11-21-17-9-8-16(10-13(17)2)18(20)14(3)19/h4-10,14H,11H2,1-3H3. The number of halogens is 1. The number of benzene rings is 2. The van der Waals surface area contributed by atoms with Gasteiger partial charge < -0.3 is 4.74 Å². The third-order valence-corrected chi connectivity index (χ3v) is 3.53. The minimum absolute atomic E-state index is 0.0650. The van der Waals surface area contributed by atoms with E-state index in [9.17, 15) is 4.79 Å². The Morgan fingerprint density at radius 1 is 1.14 bits per heavy atom. The fourth-order valence-corrected chi connectivity index (χ4v) is 2.17. The van der Waals surface area contributed by atoms with Crippen molar-refractivity contribution in [3.63, 3.8) is 0 Å². The molecule has 0 bridgehead atoms. The smallest absolute Gasteiger partial charge is 0.180 e. The lowest BCUT2D eigenvalue weighted by Crippen LogP contribution is -2.10. The topological polar surface area (TPSA) is 26.3 Å². The predicted molar refractivity (Wildman–Crippen MR) is 86.3 cm³/mol. The lowest BCUT2D eigenvalue weighted by atomic mass is 10.1. The van der Waals surface area contributed by atoms with Crippen LogP contribution in [-0.2, 0) is 6.61 Å². The quantitative estimate of drug-likeness (QED) is 0.591. The summed E-state index contributed by atoms with van der Waals surface area (Å²) in [5.41, 5.74) is 3.91.